The van der Waals surface area contributed by atoms with Gasteiger partial charge in [-0.1, -0.05) is 18.2 Å². The number of aromatic hydroxyl groups is 3. The molecule has 0 saturated carbocycles. The molecule has 2 aromatic carbocycles. The second-order valence-electron chi connectivity index (χ2n) is 4.53. The Kier molecular flexibility index (Phi) is 2.91. The first-order valence-corrected chi connectivity index (χ1v) is 5.74. The number of phenols is 3. The normalized spacial score (nSPS) is 10.6. The van der Waals surface area contributed by atoms with Crippen molar-refractivity contribution < 1.29 is 15.3 Å². The highest BCUT2D eigenvalue weighted by molar-refractivity contribution is 5.82. The second-order valence-corrected chi connectivity index (χ2v) is 4.53. The van der Waals surface area contributed by atoms with E-state index in [1.54, 1.807) is 6.92 Å². The van der Waals surface area contributed by atoms with Crippen molar-refractivity contribution >= 4 is 0 Å². The predicted octanol–water partition coefficient (Wildman–Crippen LogP) is 3.40. The number of rotatable bonds is 1. The molecule has 0 aromatic heterocycles. The van der Waals surface area contributed by atoms with Crippen LogP contribution >= 0.6 is 0 Å². The number of hydrogen-bond acceptors (Lipinski definition) is 3. The van der Waals surface area contributed by atoms with Gasteiger partial charge in [0.15, 0.2) is 11.5 Å². The molecule has 0 unspecified atom stereocenters. The van der Waals surface area contributed by atoms with Gasteiger partial charge in [-0.15, -0.1) is 0 Å². The fraction of sp³-hybridized carbons (Fsp3) is 0.200. The van der Waals surface area contributed by atoms with Crippen molar-refractivity contribution in [2.45, 2.75) is 20.8 Å². The summed E-state index contributed by atoms with van der Waals surface area (Å²) in [4.78, 5) is 0. The van der Waals surface area contributed by atoms with Crippen LogP contribution in [0.3, 0.4) is 0 Å². The summed E-state index contributed by atoms with van der Waals surface area (Å²) in [5, 5.41) is 29.8. The van der Waals surface area contributed by atoms with E-state index < -0.39 is 0 Å². The lowest BCUT2D eigenvalue weighted by atomic mass is 9.94. The minimum absolute atomic E-state index is 0.0310. The summed E-state index contributed by atoms with van der Waals surface area (Å²) >= 11 is 0. The van der Waals surface area contributed by atoms with Gasteiger partial charge in [0.2, 0.25) is 0 Å². The molecule has 0 fully saturated rings. The number of phenolic OH excluding ortho intramolecular Hbond substituents is 3. The summed E-state index contributed by atoms with van der Waals surface area (Å²) in [6, 6.07) is 7.08. The molecular formula is C15H16O3. The number of aryl methyl sites for hydroxylation is 2. The van der Waals surface area contributed by atoms with E-state index in [-0.39, 0.29) is 22.8 Å². The van der Waals surface area contributed by atoms with E-state index in [0.29, 0.717) is 5.56 Å². The van der Waals surface area contributed by atoms with E-state index in [4.69, 9.17) is 0 Å². The van der Waals surface area contributed by atoms with E-state index in [0.717, 1.165) is 16.7 Å². The highest BCUT2D eigenvalue weighted by Crippen LogP contribution is 2.45. The molecule has 0 amide bonds. The molecule has 94 valence electrons. The Morgan fingerprint density at radius 3 is 2.17 bits per heavy atom. The fourth-order valence-corrected chi connectivity index (χ4v) is 2.06. The first-order valence-electron chi connectivity index (χ1n) is 5.74. The minimum atomic E-state index is -0.277. The molecule has 0 saturated heterocycles. The van der Waals surface area contributed by atoms with Crippen LogP contribution in [0.15, 0.2) is 24.3 Å². The van der Waals surface area contributed by atoms with Crippen LogP contribution in [-0.2, 0) is 0 Å². The van der Waals surface area contributed by atoms with Gasteiger partial charge >= 0.3 is 0 Å². The quantitative estimate of drug-likeness (QED) is 0.532. The first-order chi connectivity index (χ1) is 8.43. The Hall–Kier alpha value is -2.16. The first kappa shape index (κ1) is 12.3. The summed E-state index contributed by atoms with van der Waals surface area (Å²) < 4.78 is 0. The lowest BCUT2D eigenvalue weighted by Gasteiger charge is -2.14. The Morgan fingerprint density at radius 2 is 1.50 bits per heavy atom. The summed E-state index contributed by atoms with van der Waals surface area (Å²) in [7, 11) is 0. The Morgan fingerprint density at radius 1 is 0.833 bits per heavy atom. The van der Waals surface area contributed by atoms with Crippen molar-refractivity contribution in [3.63, 3.8) is 0 Å². The van der Waals surface area contributed by atoms with E-state index in [9.17, 15) is 15.3 Å². The van der Waals surface area contributed by atoms with Crippen molar-refractivity contribution in [3.05, 3.63) is 41.0 Å². The summed E-state index contributed by atoms with van der Waals surface area (Å²) in [6.07, 6.45) is 0. The molecule has 2 aromatic rings. The maximum absolute atomic E-state index is 10.0. The molecule has 0 aliphatic heterocycles. The van der Waals surface area contributed by atoms with E-state index >= 15 is 0 Å². The predicted molar refractivity (Wildman–Crippen MR) is 71.1 cm³/mol. The molecular weight excluding hydrogens is 228 g/mol. The smallest absolute Gasteiger partial charge is 0.169 e. The largest absolute Gasteiger partial charge is 0.507 e. The van der Waals surface area contributed by atoms with Gasteiger partial charge in [0, 0.05) is 0 Å². The topological polar surface area (TPSA) is 60.7 Å². The molecule has 0 aliphatic rings. The van der Waals surface area contributed by atoms with Gasteiger partial charge in [-0.25, -0.2) is 0 Å². The third-order valence-electron chi connectivity index (χ3n) is 3.32. The summed E-state index contributed by atoms with van der Waals surface area (Å²) in [6.45, 7) is 5.50. The van der Waals surface area contributed by atoms with Crippen LogP contribution in [0.4, 0.5) is 0 Å². The van der Waals surface area contributed by atoms with Crippen LogP contribution in [0.2, 0.25) is 0 Å². The van der Waals surface area contributed by atoms with Gasteiger partial charge in [-0.3, -0.25) is 0 Å². The molecule has 0 heterocycles. The highest BCUT2D eigenvalue weighted by Gasteiger charge is 2.18. The van der Waals surface area contributed by atoms with Crippen LogP contribution in [0, 0.1) is 20.8 Å². The fourth-order valence-electron chi connectivity index (χ4n) is 2.06. The van der Waals surface area contributed by atoms with E-state index in [2.05, 4.69) is 0 Å². The van der Waals surface area contributed by atoms with Crippen molar-refractivity contribution in [2.75, 3.05) is 0 Å². The molecule has 0 atom stereocenters. The lowest BCUT2D eigenvalue weighted by Crippen LogP contribution is -1.90. The average molecular weight is 244 g/mol. The molecule has 3 N–H and O–H groups in total. The van der Waals surface area contributed by atoms with Crippen LogP contribution in [0.5, 0.6) is 17.2 Å². The van der Waals surface area contributed by atoms with Gasteiger partial charge in [0.05, 0.1) is 5.56 Å². The summed E-state index contributed by atoms with van der Waals surface area (Å²) in [5.41, 5.74) is 3.47. The Balaban J connectivity index is 2.80. The van der Waals surface area contributed by atoms with Crippen LogP contribution in [0.25, 0.3) is 11.1 Å². The second kappa shape index (κ2) is 4.26. The zero-order valence-electron chi connectivity index (χ0n) is 10.7. The van der Waals surface area contributed by atoms with Crippen LogP contribution in [-0.4, -0.2) is 15.3 Å². The Bertz CT molecular complexity index is 616. The molecule has 0 spiro atoms. The van der Waals surface area contributed by atoms with Gasteiger partial charge in [0.25, 0.3) is 0 Å². The third-order valence-corrected chi connectivity index (χ3v) is 3.32. The minimum Gasteiger partial charge on any atom is -0.507 e. The molecule has 3 nitrogen and oxygen atoms in total. The van der Waals surface area contributed by atoms with Gasteiger partial charge in [-0.05, 0) is 49.1 Å². The molecule has 0 radical (unpaired) electrons. The number of hydrogen-bond donors (Lipinski definition) is 3. The van der Waals surface area contributed by atoms with Gasteiger partial charge in [-0.2, -0.15) is 0 Å². The standard InChI is InChI=1S/C15H16O3/c1-8-5-4-6-11(10(8)3)13-12(16)7-9(2)14(17)15(13)18/h4-7,16-18H,1-3H3. The van der Waals surface area contributed by atoms with Gasteiger partial charge in [0.1, 0.15) is 5.75 Å². The molecule has 18 heavy (non-hydrogen) atoms. The monoisotopic (exact) mass is 244 g/mol. The molecule has 0 aliphatic carbocycles. The highest BCUT2D eigenvalue weighted by atomic mass is 16.3. The van der Waals surface area contributed by atoms with Crippen molar-refractivity contribution in [1.29, 1.82) is 0 Å². The Labute approximate surface area is 106 Å². The lowest BCUT2D eigenvalue weighted by molar-refractivity contribution is 0.396. The van der Waals surface area contributed by atoms with Crippen molar-refractivity contribution in [2.24, 2.45) is 0 Å². The van der Waals surface area contributed by atoms with Crippen molar-refractivity contribution in [1.82, 2.24) is 0 Å². The van der Waals surface area contributed by atoms with Crippen molar-refractivity contribution in [3.8, 4) is 28.4 Å². The maximum Gasteiger partial charge on any atom is 0.169 e. The molecule has 3 heteroatoms. The average Bonchev–Trinajstić information content (AvgIpc) is 2.32. The number of benzene rings is 2. The van der Waals surface area contributed by atoms with E-state index in [1.807, 2.05) is 32.0 Å². The third kappa shape index (κ3) is 1.78. The zero-order valence-corrected chi connectivity index (χ0v) is 10.7. The molecule has 0 bridgehead atoms. The van der Waals surface area contributed by atoms with Crippen LogP contribution < -0.4 is 0 Å². The van der Waals surface area contributed by atoms with Crippen LogP contribution in [0.1, 0.15) is 16.7 Å². The molecule has 2 rings (SSSR count). The van der Waals surface area contributed by atoms with Gasteiger partial charge < -0.3 is 15.3 Å². The maximum atomic E-state index is 10.0. The van der Waals surface area contributed by atoms with E-state index in [1.165, 1.54) is 6.07 Å². The zero-order chi connectivity index (χ0) is 13.4. The summed E-state index contributed by atoms with van der Waals surface area (Å²) in [5.74, 6) is -0.499. The SMILES string of the molecule is Cc1cccc(-c2c(O)cc(C)c(O)c2O)c1C.